The summed E-state index contributed by atoms with van der Waals surface area (Å²) >= 11 is 1.36. The first-order valence-corrected chi connectivity index (χ1v) is 11.1. The van der Waals surface area contributed by atoms with Crippen molar-refractivity contribution < 1.29 is 14.3 Å². The fourth-order valence-corrected chi connectivity index (χ4v) is 4.07. The quantitative estimate of drug-likeness (QED) is 0.460. The minimum Gasteiger partial charge on any atom is -0.443 e. The number of hydrogen-bond acceptors (Lipinski definition) is 6. The molecule has 2 heterocycles. The molecule has 160 valence electrons. The normalized spacial score (nSPS) is 13.6. The van der Waals surface area contributed by atoms with E-state index >= 15 is 0 Å². The molecule has 9 heteroatoms. The molecule has 2 aromatic carbocycles. The zero-order chi connectivity index (χ0) is 22.0. The highest BCUT2D eigenvalue weighted by Gasteiger charge is 2.32. The molecular weight excluding hydrogens is 416 g/mol. The Hall–Kier alpha value is -3.33. The molecule has 31 heavy (non-hydrogen) atoms. The standard InChI is InChI=1S/C22H22N4O4S/c1-24-20(28)17-10-9-16(13-18(17)23-21(24)31-2)19(27)25-11-6-12-26(25)22(29)30-14-15-7-4-3-5-8-15/h3-5,7-10,13H,6,11-12,14H2,1-2H3. The fraction of sp³-hybridized carbons (Fsp3) is 0.273. The van der Waals surface area contributed by atoms with E-state index in [1.54, 1.807) is 25.2 Å². The molecule has 2 amide bonds. The van der Waals surface area contributed by atoms with Crippen LogP contribution in [0.5, 0.6) is 0 Å². The molecule has 1 fully saturated rings. The SMILES string of the molecule is CSc1nc2cc(C(=O)N3CCCN3C(=O)OCc3ccccc3)ccc2c(=O)n1C. The van der Waals surface area contributed by atoms with Crippen LogP contribution in [-0.4, -0.2) is 50.9 Å². The van der Waals surface area contributed by atoms with Gasteiger partial charge in [-0.1, -0.05) is 42.1 Å². The van der Waals surface area contributed by atoms with E-state index in [-0.39, 0.29) is 18.1 Å². The predicted octanol–water partition coefficient (Wildman–Crippen LogP) is 3.06. The summed E-state index contributed by atoms with van der Waals surface area (Å²) in [6, 6.07) is 14.2. The van der Waals surface area contributed by atoms with Crippen molar-refractivity contribution in [1.29, 1.82) is 0 Å². The number of carbonyl (C=O) groups is 2. The number of hydrogen-bond donors (Lipinski definition) is 0. The summed E-state index contributed by atoms with van der Waals surface area (Å²) in [7, 11) is 1.67. The van der Waals surface area contributed by atoms with E-state index in [1.807, 2.05) is 36.6 Å². The molecule has 0 radical (unpaired) electrons. The lowest BCUT2D eigenvalue weighted by atomic mass is 10.1. The summed E-state index contributed by atoms with van der Waals surface area (Å²) in [5, 5.41) is 3.73. The highest BCUT2D eigenvalue weighted by Crippen LogP contribution is 2.20. The molecule has 1 aliphatic rings. The van der Waals surface area contributed by atoms with Crippen molar-refractivity contribution >= 4 is 34.7 Å². The maximum absolute atomic E-state index is 13.1. The van der Waals surface area contributed by atoms with E-state index in [4.69, 9.17) is 4.74 Å². The van der Waals surface area contributed by atoms with Crippen LogP contribution in [0.2, 0.25) is 0 Å². The number of nitrogens with zero attached hydrogens (tertiary/aromatic N) is 4. The smallest absolute Gasteiger partial charge is 0.429 e. The number of carbonyl (C=O) groups excluding carboxylic acids is 2. The van der Waals surface area contributed by atoms with Crippen LogP contribution in [0, 0.1) is 0 Å². The van der Waals surface area contributed by atoms with Crippen LogP contribution in [0.3, 0.4) is 0 Å². The van der Waals surface area contributed by atoms with E-state index in [0.717, 1.165) is 5.56 Å². The molecule has 1 aliphatic heterocycles. The van der Waals surface area contributed by atoms with Gasteiger partial charge in [-0.15, -0.1) is 0 Å². The average Bonchev–Trinajstić information content (AvgIpc) is 3.29. The van der Waals surface area contributed by atoms with E-state index in [1.165, 1.54) is 26.3 Å². The van der Waals surface area contributed by atoms with Gasteiger partial charge in [-0.25, -0.2) is 19.8 Å². The maximum Gasteiger partial charge on any atom is 0.429 e. The highest BCUT2D eigenvalue weighted by molar-refractivity contribution is 7.98. The third kappa shape index (κ3) is 4.13. The largest absolute Gasteiger partial charge is 0.443 e. The first kappa shape index (κ1) is 20.9. The van der Waals surface area contributed by atoms with Crippen molar-refractivity contribution in [1.82, 2.24) is 19.6 Å². The molecule has 1 aromatic heterocycles. The van der Waals surface area contributed by atoms with Crippen LogP contribution in [0.25, 0.3) is 10.9 Å². The molecule has 0 bridgehead atoms. The first-order chi connectivity index (χ1) is 15.0. The third-order valence-electron chi connectivity index (χ3n) is 5.15. The minimum absolute atomic E-state index is 0.138. The summed E-state index contributed by atoms with van der Waals surface area (Å²) in [4.78, 5) is 42.8. The van der Waals surface area contributed by atoms with Crippen molar-refractivity contribution in [2.45, 2.75) is 18.2 Å². The minimum atomic E-state index is -0.563. The van der Waals surface area contributed by atoms with Gasteiger partial charge in [-0.3, -0.25) is 14.2 Å². The van der Waals surface area contributed by atoms with Crippen LogP contribution in [0.1, 0.15) is 22.3 Å². The molecular formula is C22H22N4O4S. The average molecular weight is 439 g/mol. The highest BCUT2D eigenvalue weighted by atomic mass is 32.2. The second-order valence-corrected chi connectivity index (χ2v) is 7.91. The number of ether oxygens (including phenoxy) is 1. The molecule has 4 rings (SSSR count). The Morgan fingerprint density at radius 2 is 1.84 bits per heavy atom. The van der Waals surface area contributed by atoms with Gasteiger partial charge in [0.05, 0.1) is 10.9 Å². The van der Waals surface area contributed by atoms with Crippen LogP contribution < -0.4 is 5.56 Å². The number of aromatic nitrogens is 2. The number of benzene rings is 2. The van der Waals surface area contributed by atoms with Crippen LogP contribution in [0.15, 0.2) is 58.5 Å². The Labute approximate surface area is 183 Å². The van der Waals surface area contributed by atoms with E-state index in [2.05, 4.69) is 4.98 Å². The topological polar surface area (TPSA) is 84.7 Å². The number of amides is 2. The molecule has 0 aliphatic carbocycles. The molecule has 0 unspecified atom stereocenters. The first-order valence-electron chi connectivity index (χ1n) is 9.84. The molecule has 0 spiro atoms. The molecule has 0 atom stereocenters. The summed E-state index contributed by atoms with van der Waals surface area (Å²) < 4.78 is 6.88. The monoisotopic (exact) mass is 438 g/mol. The van der Waals surface area contributed by atoms with Gasteiger partial charge in [0, 0.05) is 25.7 Å². The summed E-state index contributed by atoms with van der Waals surface area (Å²) in [5.74, 6) is -0.329. The van der Waals surface area contributed by atoms with Gasteiger partial charge in [-0.2, -0.15) is 0 Å². The molecule has 0 N–H and O–H groups in total. The lowest BCUT2D eigenvalue weighted by molar-refractivity contribution is 0.0111. The Balaban J connectivity index is 1.55. The van der Waals surface area contributed by atoms with Crippen molar-refractivity contribution in [3.05, 3.63) is 70.0 Å². The van der Waals surface area contributed by atoms with Gasteiger partial charge < -0.3 is 4.74 Å². The Kier molecular flexibility index (Phi) is 5.94. The lowest BCUT2D eigenvalue weighted by Crippen LogP contribution is -2.45. The van der Waals surface area contributed by atoms with Gasteiger partial charge in [0.2, 0.25) is 0 Å². The fourth-order valence-electron chi connectivity index (χ4n) is 3.52. The molecule has 1 saturated heterocycles. The third-order valence-corrected chi connectivity index (χ3v) is 5.88. The summed E-state index contributed by atoms with van der Waals surface area (Å²) in [6.07, 6.45) is 1.94. The zero-order valence-corrected chi connectivity index (χ0v) is 18.1. The van der Waals surface area contributed by atoms with E-state index in [0.29, 0.717) is 41.1 Å². The van der Waals surface area contributed by atoms with Gasteiger partial charge in [0.1, 0.15) is 6.61 Å². The molecule has 3 aromatic rings. The lowest BCUT2D eigenvalue weighted by Gasteiger charge is -2.27. The Morgan fingerprint density at radius 1 is 1.10 bits per heavy atom. The van der Waals surface area contributed by atoms with E-state index in [9.17, 15) is 14.4 Å². The molecule has 0 saturated carbocycles. The van der Waals surface area contributed by atoms with Crippen molar-refractivity contribution in [2.24, 2.45) is 7.05 Å². The van der Waals surface area contributed by atoms with Gasteiger partial charge in [0.25, 0.3) is 11.5 Å². The maximum atomic E-state index is 13.1. The van der Waals surface area contributed by atoms with Crippen LogP contribution in [-0.2, 0) is 18.4 Å². The number of thioether (sulfide) groups is 1. The zero-order valence-electron chi connectivity index (χ0n) is 17.3. The van der Waals surface area contributed by atoms with Crippen LogP contribution in [0.4, 0.5) is 4.79 Å². The van der Waals surface area contributed by atoms with Gasteiger partial charge in [-0.05, 0) is 36.4 Å². The van der Waals surface area contributed by atoms with E-state index < -0.39 is 6.09 Å². The summed E-state index contributed by atoms with van der Waals surface area (Å²) in [5.41, 5.74) is 1.53. The van der Waals surface area contributed by atoms with Gasteiger partial charge >= 0.3 is 6.09 Å². The Morgan fingerprint density at radius 3 is 2.58 bits per heavy atom. The number of rotatable bonds is 4. The summed E-state index contributed by atoms with van der Waals surface area (Å²) in [6.45, 7) is 0.957. The second-order valence-electron chi connectivity index (χ2n) is 7.14. The predicted molar refractivity (Wildman–Crippen MR) is 118 cm³/mol. The molecule has 8 nitrogen and oxygen atoms in total. The number of fused-ring (bicyclic) bond motifs is 1. The van der Waals surface area contributed by atoms with Crippen molar-refractivity contribution in [2.75, 3.05) is 19.3 Å². The second kappa shape index (κ2) is 8.81. The number of hydrazine groups is 1. The Bertz CT molecular complexity index is 1200. The van der Waals surface area contributed by atoms with Gasteiger partial charge in [0.15, 0.2) is 5.16 Å². The van der Waals surface area contributed by atoms with Crippen molar-refractivity contribution in [3.63, 3.8) is 0 Å². The van der Waals surface area contributed by atoms with Crippen LogP contribution >= 0.6 is 11.8 Å². The van der Waals surface area contributed by atoms with Crippen molar-refractivity contribution in [3.8, 4) is 0 Å².